The van der Waals surface area contributed by atoms with E-state index in [4.69, 9.17) is 0 Å². The normalized spacial score (nSPS) is 24.3. The molecule has 2 N–H and O–H groups in total. The van der Waals surface area contributed by atoms with Gasteiger partial charge in [-0.2, -0.15) is 0 Å². The summed E-state index contributed by atoms with van der Waals surface area (Å²) in [7, 11) is 0. The topological polar surface area (TPSA) is 32.3 Å². The maximum Gasteiger partial charge on any atom is 0.0874 e. The molecule has 2 rings (SSSR count). The van der Waals surface area contributed by atoms with Crippen molar-refractivity contribution in [2.24, 2.45) is 5.92 Å². The molecule has 0 bridgehead atoms. The standard InChI is InChI=1S/C14H21NO/c1-11-5-3-4-6-13(11)14(2,16)9-12-7-8-15-10-12/h3-6,12,15-16H,7-10H2,1-2H3. The van der Waals surface area contributed by atoms with Gasteiger partial charge in [-0.15, -0.1) is 0 Å². The number of benzene rings is 1. The summed E-state index contributed by atoms with van der Waals surface area (Å²) >= 11 is 0. The molecule has 0 spiro atoms. The van der Waals surface area contributed by atoms with Gasteiger partial charge in [0.1, 0.15) is 0 Å². The van der Waals surface area contributed by atoms with E-state index in [1.807, 2.05) is 25.1 Å². The van der Waals surface area contributed by atoms with E-state index in [1.165, 1.54) is 12.0 Å². The minimum Gasteiger partial charge on any atom is -0.385 e. The average molecular weight is 219 g/mol. The molecule has 88 valence electrons. The molecule has 1 aliphatic heterocycles. The van der Waals surface area contributed by atoms with Crippen LogP contribution in [0.5, 0.6) is 0 Å². The molecule has 0 amide bonds. The molecule has 0 radical (unpaired) electrons. The van der Waals surface area contributed by atoms with Gasteiger partial charge in [0.15, 0.2) is 0 Å². The van der Waals surface area contributed by atoms with Crippen LogP contribution in [0.25, 0.3) is 0 Å². The van der Waals surface area contributed by atoms with Crippen molar-refractivity contribution in [3.05, 3.63) is 35.4 Å². The highest BCUT2D eigenvalue weighted by Gasteiger charge is 2.29. The third kappa shape index (κ3) is 2.45. The quantitative estimate of drug-likeness (QED) is 0.817. The van der Waals surface area contributed by atoms with E-state index in [0.29, 0.717) is 5.92 Å². The van der Waals surface area contributed by atoms with Crippen molar-refractivity contribution in [1.82, 2.24) is 5.32 Å². The second-order valence-corrected chi connectivity index (χ2v) is 5.15. The summed E-state index contributed by atoms with van der Waals surface area (Å²) in [5.74, 6) is 0.606. The smallest absolute Gasteiger partial charge is 0.0874 e. The Morgan fingerprint density at radius 1 is 1.44 bits per heavy atom. The van der Waals surface area contributed by atoms with E-state index in [1.54, 1.807) is 0 Å². The van der Waals surface area contributed by atoms with Crippen molar-refractivity contribution in [2.45, 2.75) is 32.3 Å². The first-order valence-electron chi connectivity index (χ1n) is 6.09. The second-order valence-electron chi connectivity index (χ2n) is 5.15. The van der Waals surface area contributed by atoms with E-state index in [2.05, 4.69) is 18.3 Å². The van der Waals surface area contributed by atoms with Gasteiger partial charge in [0, 0.05) is 0 Å². The lowest BCUT2D eigenvalue weighted by atomic mass is 9.83. The lowest BCUT2D eigenvalue weighted by molar-refractivity contribution is 0.0320. The molecule has 1 aliphatic rings. The molecule has 2 heteroatoms. The number of rotatable bonds is 3. The van der Waals surface area contributed by atoms with Crippen LogP contribution in [0.15, 0.2) is 24.3 Å². The summed E-state index contributed by atoms with van der Waals surface area (Å²) < 4.78 is 0. The highest BCUT2D eigenvalue weighted by molar-refractivity contribution is 5.30. The van der Waals surface area contributed by atoms with Gasteiger partial charge in [-0.25, -0.2) is 0 Å². The summed E-state index contributed by atoms with van der Waals surface area (Å²) in [5, 5.41) is 13.9. The van der Waals surface area contributed by atoms with Crippen LogP contribution in [0, 0.1) is 12.8 Å². The SMILES string of the molecule is Cc1ccccc1C(C)(O)CC1CCNC1. The molecular weight excluding hydrogens is 198 g/mol. The molecule has 0 aliphatic carbocycles. The minimum absolute atomic E-state index is 0.606. The zero-order valence-corrected chi connectivity index (χ0v) is 10.2. The van der Waals surface area contributed by atoms with Crippen LogP contribution in [-0.2, 0) is 5.60 Å². The monoisotopic (exact) mass is 219 g/mol. The predicted molar refractivity (Wildman–Crippen MR) is 66.3 cm³/mol. The fourth-order valence-electron chi connectivity index (χ4n) is 2.74. The molecule has 0 aromatic heterocycles. The molecule has 0 saturated carbocycles. The highest BCUT2D eigenvalue weighted by atomic mass is 16.3. The van der Waals surface area contributed by atoms with E-state index in [-0.39, 0.29) is 0 Å². The summed E-state index contributed by atoms with van der Waals surface area (Å²) in [5.41, 5.74) is 1.56. The van der Waals surface area contributed by atoms with Gasteiger partial charge in [0.25, 0.3) is 0 Å². The number of hydrogen-bond donors (Lipinski definition) is 2. The van der Waals surface area contributed by atoms with Crippen LogP contribution >= 0.6 is 0 Å². The maximum absolute atomic E-state index is 10.6. The average Bonchev–Trinajstić information content (AvgIpc) is 2.70. The summed E-state index contributed by atoms with van der Waals surface area (Å²) in [6.45, 7) is 6.14. The first-order chi connectivity index (χ1) is 7.59. The number of hydrogen-bond acceptors (Lipinski definition) is 2. The Morgan fingerprint density at radius 2 is 2.19 bits per heavy atom. The van der Waals surface area contributed by atoms with Gasteiger partial charge in [-0.1, -0.05) is 24.3 Å². The van der Waals surface area contributed by atoms with E-state index in [0.717, 1.165) is 25.1 Å². The number of nitrogens with one attached hydrogen (secondary N) is 1. The molecular formula is C14H21NO. The summed E-state index contributed by atoms with van der Waals surface area (Å²) in [6, 6.07) is 8.13. The predicted octanol–water partition coefficient (Wildman–Crippen LogP) is 2.20. The van der Waals surface area contributed by atoms with E-state index in [9.17, 15) is 5.11 Å². The molecule has 1 saturated heterocycles. The van der Waals surface area contributed by atoms with Crippen LogP contribution in [0.1, 0.15) is 30.9 Å². The molecule has 2 atom stereocenters. The van der Waals surface area contributed by atoms with Crippen molar-refractivity contribution in [3.63, 3.8) is 0 Å². The minimum atomic E-state index is -0.692. The summed E-state index contributed by atoms with van der Waals surface area (Å²) in [4.78, 5) is 0. The lowest BCUT2D eigenvalue weighted by Crippen LogP contribution is -2.27. The van der Waals surface area contributed by atoms with Crippen molar-refractivity contribution in [3.8, 4) is 0 Å². The largest absolute Gasteiger partial charge is 0.385 e. The van der Waals surface area contributed by atoms with Crippen LogP contribution in [0.3, 0.4) is 0 Å². The van der Waals surface area contributed by atoms with Crippen LogP contribution in [0.4, 0.5) is 0 Å². The Balaban J connectivity index is 2.14. The molecule has 1 aromatic rings. The molecule has 2 nitrogen and oxygen atoms in total. The number of aliphatic hydroxyl groups is 1. The van der Waals surface area contributed by atoms with Gasteiger partial charge in [-0.05, 0) is 56.8 Å². The molecule has 1 fully saturated rings. The van der Waals surface area contributed by atoms with Crippen molar-refractivity contribution in [2.75, 3.05) is 13.1 Å². The van der Waals surface area contributed by atoms with Gasteiger partial charge < -0.3 is 10.4 Å². The molecule has 2 unspecified atom stereocenters. The Bertz CT molecular complexity index is 354. The zero-order valence-electron chi connectivity index (χ0n) is 10.2. The third-order valence-electron chi connectivity index (χ3n) is 3.57. The van der Waals surface area contributed by atoms with Gasteiger partial charge in [0.05, 0.1) is 5.60 Å². The fourth-order valence-corrected chi connectivity index (χ4v) is 2.74. The van der Waals surface area contributed by atoms with Gasteiger partial charge >= 0.3 is 0 Å². The van der Waals surface area contributed by atoms with Crippen molar-refractivity contribution in [1.29, 1.82) is 0 Å². The highest BCUT2D eigenvalue weighted by Crippen LogP contribution is 2.32. The third-order valence-corrected chi connectivity index (χ3v) is 3.57. The first kappa shape index (κ1) is 11.6. The second kappa shape index (κ2) is 4.56. The van der Waals surface area contributed by atoms with Gasteiger partial charge in [-0.3, -0.25) is 0 Å². The van der Waals surface area contributed by atoms with Gasteiger partial charge in [0.2, 0.25) is 0 Å². The Labute approximate surface area is 97.7 Å². The molecule has 1 aromatic carbocycles. The van der Waals surface area contributed by atoms with Crippen molar-refractivity contribution >= 4 is 0 Å². The van der Waals surface area contributed by atoms with Crippen molar-refractivity contribution < 1.29 is 5.11 Å². The Hall–Kier alpha value is -0.860. The maximum atomic E-state index is 10.6. The Kier molecular flexibility index (Phi) is 3.31. The molecule has 16 heavy (non-hydrogen) atoms. The van der Waals surface area contributed by atoms with Crippen LogP contribution in [-0.4, -0.2) is 18.2 Å². The first-order valence-corrected chi connectivity index (χ1v) is 6.09. The van der Waals surface area contributed by atoms with E-state index >= 15 is 0 Å². The van der Waals surface area contributed by atoms with Crippen LogP contribution < -0.4 is 5.32 Å². The van der Waals surface area contributed by atoms with Crippen LogP contribution in [0.2, 0.25) is 0 Å². The fraction of sp³-hybridized carbons (Fsp3) is 0.571. The Morgan fingerprint density at radius 3 is 2.81 bits per heavy atom. The number of aryl methyl sites for hydroxylation is 1. The zero-order chi connectivity index (χ0) is 11.6. The summed E-state index contributed by atoms with van der Waals surface area (Å²) in [6.07, 6.45) is 2.03. The lowest BCUT2D eigenvalue weighted by Gasteiger charge is -2.28. The molecule has 1 heterocycles. The van der Waals surface area contributed by atoms with E-state index < -0.39 is 5.60 Å².